The first-order valence-electron chi connectivity index (χ1n) is 9.53. The summed E-state index contributed by atoms with van der Waals surface area (Å²) in [5.41, 5.74) is 2.01. The zero-order valence-corrected chi connectivity index (χ0v) is 17.5. The summed E-state index contributed by atoms with van der Waals surface area (Å²) in [5.74, 6) is 2.00. The molecule has 29 heavy (non-hydrogen) atoms. The summed E-state index contributed by atoms with van der Waals surface area (Å²) in [7, 11) is 2.97. The third-order valence-corrected chi connectivity index (χ3v) is 5.98. The molecule has 154 valence electrons. The minimum atomic E-state index is -0.735. The molecule has 0 saturated carbocycles. The number of amides is 2. The molecule has 0 spiro atoms. The molecule has 1 saturated heterocycles. The average molecular weight is 415 g/mol. The average Bonchev–Trinajstić information content (AvgIpc) is 2.78. The topological polar surface area (TPSA) is 67.9 Å². The Hall–Kier alpha value is -2.67. The lowest BCUT2D eigenvalue weighted by Gasteiger charge is -2.36. The highest BCUT2D eigenvalue weighted by atomic mass is 32.2. The smallest absolute Gasteiger partial charge is 0.328 e. The van der Waals surface area contributed by atoms with Crippen LogP contribution in [0.5, 0.6) is 5.75 Å². The molecule has 1 heterocycles. The SMILES string of the molecule is COC(=O)[C@@H](Cc1ccccc1)NC(=O)N1CCSCC1c1ccc(OC)cc1. The lowest BCUT2D eigenvalue weighted by Crippen LogP contribution is -2.52. The van der Waals surface area contributed by atoms with Gasteiger partial charge in [0.25, 0.3) is 0 Å². The monoisotopic (exact) mass is 414 g/mol. The lowest BCUT2D eigenvalue weighted by atomic mass is 10.1. The van der Waals surface area contributed by atoms with Crippen LogP contribution in [0, 0.1) is 0 Å². The summed E-state index contributed by atoms with van der Waals surface area (Å²) in [6.45, 7) is 0.617. The second kappa shape index (κ2) is 10.2. The van der Waals surface area contributed by atoms with Crippen molar-refractivity contribution in [2.45, 2.75) is 18.5 Å². The highest BCUT2D eigenvalue weighted by Crippen LogP contribution is 2.30. The number of benzene rings is 2. The van der Waals surface area contributed by atoms with Crippen LogP contribution >= 0.6 is 11.8 Å². The number of nitrogens with one attached hydrogen (secondary N) is 1. The molecule has 1 fully saturated rings. The van der Waals surface area contributed by atoms with Gasteiger partial charge in [-0.15, -0.1) is 0 Å². The van der Waals surface area contributed by atoms with Gasteiger partial charge < -0.3 is 19.7 Å². The fourth-order valence-corrected chi connectivity index (χ4v) is 4.45. The number of methoxy groups -OCH3 is 2. The van der Waals surface area contributed by atoms with Crippen molar-refractivity contribution in [3.63, 3.8) is 0 Å². The number of hydrogen-bond acceptors (Lipinski definition) is 5. The number of rotatable bonds is 6. The number of hydrogen-bond donors (Lipinski definition) is 1. The van der Waals surface area contributed by atoms with E-state index >= 15 is 0 Å². The van der Waals surface area contributed by atoms with Gasteiger partial charge in [0, 0.05) is 24.5 Å². The molecule has 0 aromatic heterocycles. The van der Waals surface area contributed by atoms with Gasteiger partial charge in [-0.05, 0) is 23.3 Å². The van der Waals surface area contributed by atoms with Crippen molar-refractivity contribution < 1.29 is 19.1 Å². The number of carbonyl (C=O) groups is 2. The number of nitrogens with zero attached hydrogens (tertiary/aromatic N) is 1. The lowest BCUT2D eigenvalue weighted by molar-refractivity contribution is -0.142. The molecular formula is C22H26N2O4S. The minimum Gasteiger partial charge on any atom is -0.497 e. The molecule has 2 atom stereocenters. The largest absolute Gasteiger partial charge is 0.497 e. The fourth-order valence-electron chi connectivity index (χ4n) is 3.37. The van der Waals surface area contributed by atoms with Crippen LogP contribution in [-0.2, 0) is 16.0 Å². The second-order valence-electron chi connectivity index (χ2n) is 6.77. The highest BCUT2D eigenvalue weighted by Gasteiger charge is 2.31. The molecule has 7 heteroatoms. The van der Waals surface area contributed by atoms with Gasteiger partial charge in [-0.2, -0.15) is 11.8 Å². The van der Waals surface area contributed by atoms with Crippen LogP contribution in [0.2, 0.25) is 0 Å². The van der Waals surface area contributed by atoms with E-state index in [1.54, 1.807) is 12.0 Å². The zero-order chi connectivity index (χ0) is 20.6. The molecule has 2 aromatic carbocycles. The second-order valence-corrected chi connectivity index (χ2v) is 7.92. The van der Waals surface area contributed by atoms with Crippen LogP contribution in [0.4, 0.5) is 4.79 Å². The van der Waals surface area contributed by atoms with Crippen molar-refractivity contribution >= 4 is 23.8 Å². The maximum Gasteiger partial charge on any atom is 0.328 e. The van der Waals surface area contributed by atoms with Gasteiger partial charge in [-0.1, -0.05) is 42.5 Å². The van der Waals surface area contributed by atoms with Crippen LogP contribution in [0.15, 0.2) is 54.6 Å². The normalized spacial score (nSPS) is 17.3. The Balaban J connectivity index is 1.74. The molecule has 0 bridgehead atoms. The van der Waals surface area contributed by atoms with Gasteiger partial charge in [0.2, 0.25) is 0 Å². The molecule has 1 aliphatic heterocycles. The van der Waals surface area contributed by atoms with E-state index in [9.17, 15) is 9.59 Å². The predicted octanol–water partition coefficient (Wildman–Crippen LogP) is 3.28. The van der Waals surface area contributed by atoms with E-state index in [0.29, 0.717) is 13.0 Å². The van der Waals surface area contributed by atoms with Crippen molar-refractivity contribution in [3.05, 3.63) is 65.7 Å². The Morgan fingerprint density at radius 3 is 2.52 bits per heavy atom. The molecule has 0 radical (unpaired) electrons. The summed E-state index contributed by atoms with van der Waals surface area (Å²) in [6, 6.07) is 16.3. The molecular weight excluding hydrogens is 388 g/mol. The standard InChI is InChI=1S/C22H26N2O4S/c1-27-18-10-8-17(9-11-18)20-15-29-13-12-24(20)22(26)23-19(21(25)28-2)14-16-6-4-3-5-7-16/h3-11,19-20H,12-15H2,1-2H3,(H,23,26)/t19-,20?/m1/s1. The van der Waals surface area contributed by atoms with Gasteiger partial charge in [-0.3, -0.25) is 0 Å². The first kappa shape index (κ1) is 21.0. The van der Waals surface area contributed by atoms with E-state index in [2.05, 4.69) is 5.32 Å². The van der Waals surface area contributed by atoms with Gasteiger partial charge in [0.1, 0.15) is 11.8 Å². The zero-order valence-electron chi connectivity index (χ0n) is 16.7. The quantitative estimate of drug-likeness (QED) is 0.735. The van der Waals surface area contributed by atoms with Crippen molar-refractivity contribution in [1.29, 1.82) is 0 Å². The van der Waals surface area contributed by atoms with Crippen LogP contribution in [0.1, 0.15) is 17.2 Å². The van der Waals surface area contributed by atoms with Crippen LogP contribution in [0.3, 0.4) is 0 Å². The molecule has 2 amide bonds. The predicted molar refractivity (Wildman–Crippen MR) is 114 cm³/mol. The van der Waals surface area contributed by atoms with E-state index in [1.807, 2.05) is 66.4 Å². The summed E-state index contributed by atoms with van der Waals surface area (Å²) < 4.78 is 10.1. The Kier molecular flexibility index (Phi) is 7.41. The summed E-state index contributed by atoms with van der Waals surface area (Å²) in [4.78, 5) is 27.2. The van der Waals surface area contributed by atoms with Gasteiger partial charge >= 0.3 is 12.0 Å². The van der Waals surface area contributed by atoms with Gasteiger partial charge in [-0.25, -0.2) is 9.59 Å². The van der Waals surface area contributed by atoms with Gasteiger partial charge in [0.05, 0.1) is 20.3 Å². The van der Waals surface area contributed by atoms with Crippen LogP contribution in [0.25, 0.3) is 0 Å². The van der Waals surface area contributed by atoms with Gasteiger partial charge in [0.15, 0.2) is 0 Å². The molecule has 6 nitrogen and oxygen atoms in total. The number of ether oxygens (including phenoxy) is 2. The molecule has 1 N–H and O–H groups in total. The first-order valence-corrected chi connectivity index (χ1v) is 10.7. The number of thioether (sulfide) groups is 1. The molecule has 1 aliphatic rings. The number of esters is 1. The van der Waals surface area contributed by atoms with Crippen molar-refractivity contribution in [2.75, 3.05) is 32.3 Å². The third-order valence-electron chi connectivity index (χ3n) is 4.96. The third kappa shape index (κ3) is 5.44. The van der Waals surface area contributed by atoms with Crippen LogP contribution in [-0.4, -0.2) is 55.2 Å². The highest BCUT2D eigenvalue weighted by molar-refractivity contribution is 7.99. The van der Waals surface area contributed by atoms with E-state index in [-0.39, 0.29) is 12.1 Å². The summed E-state index contributed by atoms with van der Waals surface area (Å²) in [6.07, 6.45) is 0.384. The summed E-state index contributed by atoms with van der Waals surface area (Å²) in [5, 5.41) is 2.89. The summed E-state index contributed by atoms with van der Waals surface area (Å²) >= 11 is 1.82. The van der Waals surface area contributed by atoms with Crippen LogP contribution < -0.4 is 10.1 Å². The van der Waals surface area contributed by atoms with E-state index in [0.717, 1.165) is 28.4 Å². The Labute approximate surface area is 175 Å². The number of carbonyl (C=O) groups excluding carboxylic acids is 2. The Morgan fingerprint density at radius 1 is 1.14 bits per heavy atom. The molecule has 0 aliphatic carbocycles. The van der Waals surface area contributed by atoms with E-state index in [1.165, 1.54) is 7.11 Å². The minimum absolute atomic E-state index is 0.0605. The maximum absolute atomic E-state index is 13.1. The van der Waals surface area contributed by atoms with E-state index in [4.69, 9.17) is 9.47 Å². The first-order chi connectivity index (χ1) is 14.1. The molecule has 1 unspecified atom stereocenters. The fraction of sp³-hybridized carbons (Fsp3) is 0.364. The van der Waals surface area contributed by atoms with Crippen molar-refractivity contribution in [1.82, 2.24) is 10.2 Å². The van der Waals surface area contributed by atoms with Crippen molar-refractivity contribution in [2.24, 2.45) is 0 Å². The Morgan fingerprint density at radius 2 is 1.86 bits per heavy atom. The Bertz CT molecular complexity index is 813. The van der Waals surface area contributed by atoms with E-state index < -0.39 is 12.0 Å². The number of urea groups is 1. The van der Waals surface area contributed by atoms with Crippen molar-refractivity contribution in [3.8, 4) is 5.75 Å². The molecule has 2 aromatic rings. The molecule has 3 rings (SSSR count). The maximum atomic E-state index is 13.1.